The van der Waals surface area contributed by atoms with Crippen molar-refractivity contribution >= 4 is 21.2 Å². The van der Waals surface area contributed by atoms with Crippen molar-refractivity contribution in [1.29, 1.82) is 0 Å². The molecule has 0 heterocycles. The van der Waals surface area contributed by atoms with Gasteiger partial charge in [-0.3, -0.25) is 0 Å². The van der Waals surface area contributed by atoms with Crippen LogP contribution in [0.25, 0.3) is 0 Å². The predicted molar refractivity (Wildman–Crippen MR) is 158 cm³/mol. The third-order valence-corrected chi connectivity index (χ3v) is 30.2. The van der Waals surface area contributed by atoms with Crippen molar-refractivity contribution in [3.63, 3.8) is 0 Å². The Balaban J connectivity index is 4.15. The molecule has 0 atom stereocenters. The number of hydrogen-bond donors (Lipinski definition) is 0. The van der Waals surface area contributed by atoms with Crippen LogP contribution >= 0.6 is 0 Å². The quantitative estimate of drug-likeness (QED) is 0.0579. The van der Waals surface area contributed by atoms with E-state index in [1.165, 1.54) is 116 Å². The van der Waals surface area contributed by atoms with E-state index >= 15 is 0 Å². The zero-order chi connectivity index (χ0) is 24.3. The van der Waals surface area contributed by atoms with E-state index in [2.05, 4.69) is 27.7 Å². The number of unbranched alkanes of at least 4 members (excludes halogenated alkanes) is 20. The van der Waals surface area contributed by atoms with Gasteiger partial charge in [0.1, 0.15) is 0 Å². The first-order valence-corrected chi connectivity index (χ1v) is 27.2. The molecule has 0 saturated heterocycles. The van der Waals surface area contributed by atoms with Gasteiger partial charge in [-0.05, 0) is 0 Å². The maximum atomic E-state index is 2.43. The Bertz CT molecular complexity index is 316. The van der Waals surface area contributed by atoms with E-state index in [9.17, 15) is 0 Å². The fourth-order valence-corrected chi connectivity index (χ4v) is 28.0. The molecule has 0 bridgehead atoms. The van der Waals surface area contributed by atoms with E-state index in [4.69, 9.17) is 0 Å². The van der Waals surface area contributed by atoms with Crippen molar-refractivity contribution in [3.05, 3.63) is 0 Å². The summed E-state index contributed by atoms with van der Waals surface area (Å²) in [6, 6.07) is 0. The average molecular weight is 660 g/mol. The molecule has 0 aromatic rings. The summed E-state index contributed by atoms with van der Waals surface area (Å²) in [5.74, 6) is 0. The molecule has 0 spiro atoms. The second-order valence-corrected chi connectivity index (χ2v) is 31.0. The molecule has 0 rings (SSSR count). The van der Waals surface area contributed by atoms with E-state index in [-0.39, 0.29) is 0 Å². The SMILES string of the molecule is CCCCCCCCCCC[CH2][Pb]([CH2]CCC)([CH2]CCC)[CH2]CCCCCCCCCCC. The Morgan fingerprint density at radius 3 is 0.727 bits per heavy atom. The average Bonchev–Trinajstić information content (AvgIpc) is 2.83. The van der Waals surface area contributed by atoms with E-state index < -0.39 is 21.2 Å². The van der Waals surface area contributed by atoms with Gasteiger partial charge in [0.05, 0.1) is 0 Å². The summed E-state index contributed by atoms with van der Waals surface area (Å²) in [7, 11) is 0. The minimum atomic E-state index is -2.04. The van der Waals surface area contributed by atoms with E-state index in [1.54, 1.807) is 54.4 Å². The predicted octanol–water partition coefficient (Wildman–Crippen LogP) is 12.9. The van der Waals surface area contributed by atoms with Crippen LogP contribution in [0.3, 0.4) is 0 Å². The van der Waals surface area contributed by atoms with Gasteiger partial charge in [-0.25, -0.2) is 0 Å². The number of hydrogen-bond acceptors (Lipinski definition) is 0. The van der Waals surface area contributed by atoms with Gasteiger partial charge in [0.15, 0.2) is 0 Å². The summed E-state index contributed by atoms with van der Waals surface area (Å²) in [5.41, 5.74) is 0. The van der Waals surface area contributed by atoms with Crippen LogP contribution in [0.1, 0.15) is 182 Å². The molecule has 0 aromatic carbocycles. The first-order valence-electron chi connectivity index (χ1n) is 16.2. The van der Waals surface area contributed by atoms with Crippen LogP contribution in [0.4, 0.5) is 0 Å². The molecular weight excluding hydrogens is 592 g/mol. The Kier molecular flexibility index (Phi) is 28.3. The van der Waals surface area contributed by atoms with Crippen molar-refractivity contribution in [2.24, 2.45) is 0 Å². The van der Waals surface area contributed by atoms with Crippen molar-refractivity contribution in [2.75, 3.05) is 0 Å². The van der Waals surface area contributed by atoms with Crippen molar-refractivity contribution < 1.29 is 0 Å². The van der Waals surface area contributed by atoms with Crippen LogP contribution < -0.4 is 0 Å². The van der Waals surface area contributed by atoms with Gasteiger partial charge in [-0.2, -0.15) is 0 Å². The van der Waals surface area contributed by atoms with E-state index in [1.807, 2.05) is 0 Å². The molecule has 0 aromatic heterocycles. The van der Waals surface area contributed by atoms with Crippen molar-refractivity contribution in [1.82, 2.24) is 0 Å². The summed E-state index contributed by atoms with van der Waals surface area (Å²) in [5, 5.41) is 0. The molecule has 0 fully saturated rings. The molecule has 0 aliphatic heterocycles. The summed E-state index contributed by atoms with van der Waals surface area (Å²) in [6.45, 7) is 9.50. The Morgan fingerprint density at radius 1 is 0.242 bits per heavy atom. The molecular formula is C32H68Pb. The molecule has 0 unspecified atom stereocenters. The number of rotatable bonds is 28. The van der Waals surface area contributed by atoms with Crippen LogP contribution in [0.5, 0.6) is 0 Å². The monoisotopic (exact) mass is 661 g/mol. The van der Waals surface area contributed by atoms with Crippen LogP contribution in [-0.4, -0.2) is 21.2 Å². The normalized spacial score (nSPS) is 12.0. The van der Waals surface area contributed by atoms with E-state index in [0.717, 1.165) is 0 Å². The maximum absolute atomic E-state index is 2.43. The zero-order valence-electron chi connectivity index (χ0n) is 24.3. The third-order valence-electron chi connectivity index (χ3n) is 8.24. The molecule has 33 heavy (non-hydrogen) atoms. The van der Waals surface area contributed by atoms with Gasteiger partial charge in [0.25, 0.3) is 0 Å². The van der Waals surface area contributed by atoms with Gasteiger partial charge in [-0.15, -0.1) is 0 Å². The van der Waals surface area contributed by atoms with Crippen molar-refractivity contribution in [3.8, 4) is 0 Å². The first-order chi connectivity index (χ1) is 16.2. The minimum absolute atomic E-state index is 1.38. The molecule has 1 heteroatoms. The standard InChI is InChI=1S/2C12H25.2C4H9.Pb/c2*1-3-5-7-9-11-12-10-8-6-4-2;2*1-3-4-2;/h2*1,3-12H2,2H3;2*1,3-4H2,2H3;. The van der Waals surface area contributed by atoms with Crippen LogP contribution in [-0.2, 0) is 0 Å². The Labute approximate surface area is 217 Å². The molecule has 0 aliphatic rings. The molecule has 0 radical (unpaired) electrons. The van der Waals surface area contributed by atoms with Gasteiger partial charge in [0.2, 0.25) is 0 Å². The molecule has 0 saturated carbocycles. The van der Waals surface area contributed by atoms with Crippen LogP contribution in [0.15, 0.2) is 0 Å². The first kappa shape index (κ1) is 33.9. The van der Waals surface area contributed by atoms with Gasteiger partial charge < -0.3 is 0 Å². The topological polar surface area (TPSA) is 0 Å². The van der Waals surface area contributed by atoms with Gasteiger partial charge in [0, 0.05) is 0 Å². The van der Waals surface area contributed by atoms with E-state index in [0.29, 0.717) is 0 Å². The second kappa shape index (κ2) is 27.5. The van der Waals surface area contributed by atoms with Crippen molar-refractivity contribution in [2.45, 2.75) is 198 Å². The summed E-state index contributed by atoms with van der Waals surface area (Å²) in [6.07, 6.45) is 35.9. The van der Waals surface area contributed by atoms with Crippen LogP contribution in [0, 0.1) is 0 Å². The fraction of sp³-hybridized carbons (Fsp3) is 1.00. The third kappa shape index (κ3) is 23.1. The summed E-state index contributed by atoms with van der Waals surface area (Å²) >= 11 is -2.04. The Hall–Kier alpha value is 0.922. The fourth-order valence-electron chi connectivity index (χ4n) is 5.83. The molecule has 0 nitrogen and oxygen atoms in total. The van der Waals surface area contributed by atoms with Gasteiger partial charge >= 0.3 is 219 Å². The summed E-state index contributed by atoms with van der Waals surface area (Å²) in [4.78, 5) is 0. The Morgan fingerprint density at radius 2 is 0.455 bits per heavy atom. The summed E-state index contributed by atoms with van der Waals surface area (Å²) < 4.78 is 6.97. The zero-order valence-corrected chi connectivity index (χ0v) is 28.2. The molecule has 0 amide bonds. The molecule has 0 aliphatic carbocycles. The van der Waals surface area contributed by atoms with Crippen LogP contribution in [0.2, 0.25) is 15.9 Å². The molecule has 0 N–H and O–H groups in total. The van der Waals surface area contributed by atoms with Gasteiger partial charge in [-0.1, -0.05) is 0 Å². The molecule has 200 valence electrons. The second-order valence-electron chi connectivity index (χ2n) is 11.6.